The molecule has 0 radical (unpaired) electrons. The van der Waals surface area contributed by atoms with Crippen molar-refractivity contribution in [3.05, 3.63) is 64.2 Å². The molecule has 1 unspecified atom stereocenters. The second kappa shape index (κ2) is 7.93. The molecule has 0 aliphatic heterocycles. The molecule has 0 aromatic heterocycles. The molecule has 2 aromatic rings. The van der Waals surface area contributed by atoms with Crippen molar-refractivity contribution in [1.29, 1.82) is 0 Å². The van der Waals surface area contributed by atoms with Crippen molar-refractivity contribution in [2.75, 3.05) is 14.2 Å². The first-order valence-corrected chi connectivity index (χ1v) is 8.76. The fourth-order valence-corrected chi connectivity index (χ4v) is 3.55. The SMILES string of the molecule is COC(=O)C(NS(=O)(=O)c1ccc(OC)cc1[N+](=O)[O-])c1ccccc1. The molecule has 0 saturated carbocycles. The van der Waals surface area contributed by atoms with Gasteiger partial charge in [-0.15, -0.1) is 0 Å². The summed E-state index contributed by atoms with van der Waals surface area (Å²) in [5.41, 5.74) is -0.340. The fraction of sp³-hybridized carbons (Fsp3) is 0.188. The van der Waals surface area contributed by atoms with Crippen LogP contribution in [0.5, 0.6) is 5.75 Å². The Morgan fingerprint density at radius 1 is 1.15 bits per heavy atom. The normalized spacial score (nSPS) is 12.2. The topological polar surface area (TPSA) is 125 Å². The van der Waals surface area contributed by atoms with Gasteiger partial charge in [0.05, 0.1) is 25.2 Å². The van der Waals surface area contributed by atoms with Gasteiger partial charge in [0, 0.05) is 0 Å². The van der Waals surface area contributed by atoms with Crippen LogP contribution in [0.15, 0.2) is 53.4 Å². The Hall–Kier alpha value is -2.98. The van der Waals surface area contributed by atoms with Gasteiger partial charge in [-0.25, -0.2) is 13.2 Å². The summed E-state index contributed by atoms with van der Waals surface area (Å²) in [5.74, 6) is -0.723. The quantitative estimate of drug-likeness (QED) is 0.441. The summed E-state index contributed by atoms with van der Waals surface area (Å²) >= 11 is 0. The number of esters is 1. The van der Waals surface area contributed by atoms with Crippen molar-refractivity contribution < 1.29 is 27.6 Å². The lowest BCUT2D eigenvalue weighted by Crippen LogP contribution is -2.34. The minimum Gasteiger partial charge on any atom is -0.497 e. The fourth-order valence-electron chi connectivity index (χ4n) is 2.23. The lowest BCUT2D eigenvalue weighted by molar-refractivity contribution is -0.387. The molecule has 138 valence electrons. The molecule has 0 amide bonds. The van der Waals surface area contributed by atoms with Gasteiger partial charge in [0.25, 0.3) is 5.69 Å². The summed E-state index contributed by atoms with van der Waals surface area (Å²) in [6.07, 6.45) is 0. The maximum Gasteiger partial charge on any atom is 0.328 e. The van der Waals surface area contributed by atoms with Crippen LogP contribution in [0.1, 0.15) is 11.6 Å². The van der Waals surface area contributed by atoms with Gasteiger partial charge in [-0.2, -0.15) is 4.72 Å². The smallest absolute Gasteiger partial charge is 0.328 e. The van der Waals surface area contributed by atoms with Crippen molar-refractivity contribution in [2.45, 2.75) is 10.9 Å². The van der Waals surface area contributed by atoms with E-state index >= 15 is 0 Å². The van der Waals surface area contributed by atoms with Gasteiger partial charge in [-0.3, -0.25) is 10.1 Å². The van der Waals surface area contributed by atoms with Crippen LogP contribution in [-0.4, -0.2) is 33.5 Å². The largest absolute Gasteiger partial charge is 0.497 e. The Balaban J connectivity index is 2.49. The number of ether oxygens (including phenoxy) is 2. The van der Waals surface area contributed by atoms with E-state index in [2.05, 4.69) is 9.46 Å². The Morgan fingerprint density at radius 2 is 1.81 bits per heavy atom. The average molecular weight is 380 g/mol. The summed E-state index contributed by atoms with van der Waals surface area (Å²) in [6.45, 7) is 0. The van der Waals surface area contributed by atoms with Gasteiger partial charge < -0.3 is 9.47 Å². The molecule has 0 heterocycles. The first-order chi connectivity index (χ1) is 12.3. The maximum atomic E-state index is 12.7. The van der Waals surface area contributed by atoms with Crippen molar-refractivity contribution >= 4 is 21.7 Å². The summed E-state index contributed by atoms with van der Waals surface area (Å²) in [7, 11) is -2.00. The van der Waals surface area contributed by atoms with Crippen molar-refractivity contribution in [2.24, 2.45) is 0 Å². The molecule has 0 aliphatic rings. The van der Waals surface area contributed by atoms with E-state index < -0.39 is 37.5 Å². The zero-order chi connectivity index (χ0) is 19.3. The number of sulfonamides is 1. The average Bonchev–Trinajstić information content (AvgIpc) is 2.65. The number of nitrogens with one attached hydrogen (secondary N) is 1. The number of benzene rings is 2. The highest BCUT2D eigenvalue weighted by atomic mass is 32.2. The molecule has 0 saturated heterocycles. The van der Waals surface area contributed by atoms with Crippen LogP contribution < -0.4 is 9.46 Å². The summed E-state index contributed by atoms with van der Waals surface area (Å²) in [4.78, 5) is 21.9. The number of carbonyl (C=O) groups excluding carboxylic acids is 1. The highest BCUT2D eigenvalue weighted by Gasteiger charge is 2.32. The number of carbonyl (C=O) groups is 1. The summed E-state index contributed by atoms with van der Waals surface area (Å²) < 4.78 is 37.1. The molecule has 0 spiro atoms. The molecular formula is C16H16N2O7S. The number of nitrogens with zero attached hydrogens (tertiary/aromatic N) is 1. The zero-order valence-corrected chi connectivity index (χ0v) is 14.7. The first-order valence-electron chi connectivity index (χ1n) is 7.27. The number of nitro groups is 1. The highest BCUT2D eigenvalue weighted by Crippen LogP contribution is 2.29. The van der Waals surface area contributed by atoms with Crippen LogP contribution in [0.25, 0.3) is 0 Å². The Bertz CT molecular complexity index is 913. The van der Waals surface area contributed by atoms with Crippen LogP contribution in [0.4, 0.5) is 5.69 Å². The minimum atomic E-state index is -4.41. The van der Waals surface area contributed by atoms with E-state index in [1.165, 1.54) is 25.3 Å². The predicted octanol–water partition coefficient (Wildman–Crippen LogP) is 1.80. The molecule has 10 heteroatoms. The molecule has 0 fully saturated rings. The molecular weight excluding hydrogens is 364 g/mol. The Kier molecular flexibility index (Phi) is 5.90. The van der Waals surface area contributed by atoms with Crippen molar-refractivity contribution in [3.8, 4) is 5.75 Å². The first kappa shape index (κ1) is 19.3. The summed E-state index contributed by atoms with van der Waals surface area (Å²) in [6, 6.07) is 9.96. The van der Waals surface area contributed by atoms with E-state index in [1.54, 1.807) is 18.2 Å². The standard InChI is InChI=1S/C16H16N2O7S/c1-24-12-8-9-14(13(10-12)18(20)21)26(22,23)17-15(16(19)25-2)11-6-4-3-5-7-11/h3-10,15,17H,1-2H3. The van der Waals surface area contributed by atoms with Gasteiger partial charge in [0.1, 0.15) is 11.8 Å². The minimum absolute atomic E-state index is 0.128. The van der Waals surface area contributed by atoms with Crippen LogP contribution >= 0.6 is 0 Å². The predicted molar refractivity (Wildman–Crippen MR) is 91.2 cm³/mol. The third kappa shape index (κ3) is 4.16. The van der Waals surface area contributed by atoms with Crippen LogP contribution in [0.2, 0.25) is 0 Å². The van der Waals surface area contributed by atoms with E-state index in [0.717, 1.165) is 19.2 Å². The maximum absolute atomic E-state index is 12.7. The van der Waals surface area contributed by atoms with Gasteiger partial charge >= 0.3 is 5.97 Å². The van der Waals surface area contributed by atoms with Crippen LogP contribution in [0.3, 0.4) is 0 Å². The molecule has 26 heavy (non-hydrogen) atoms. The third-order valence-electron chi connectivity index (χ3n) is 3.50. The number of hydrogen-bond acceptors (Lipinski definition) is 7. The summed E-state index contributed by atoms with van der Waals surface area (Å²) in [5, 5.41) is 11.2. The monoisotopic (exact) mass is 380 g/mol. The number of methoxy groups -OCH3 is 2. The number of hydrogen-bond donors (Lipinski definition) is 1. The van der Waals surface area contributed by atoms with E-state index in [1.807, 2.05) is 0 Å². The highest BCUT2D eigenvalue weighted by molar-refractivity contribution is 7.89. The van der Waals surface area contributed by atoms with E-state index in [4.69, 9.17) is 4.74 Å². The van der Waals surface area contributed by atoms with Gasteiger partial charge in [-0.05, 0) is 17.7 Å². The third-order valence-corrected chi connectivity index (χ3v) is 4.97. The molecule has 0 bridgehead atoms. The molecule has 0 aliphatic carbocycles. The van der Waals surface area contributed by atoms with Gasteiger partial charge in [0.2, 0.25) is 10.0 Å². The van der Waals surface area contributed by atoms with Crippen molar-refractivity contribution in [1.82, 2.24) is 4.72 Å². The van der Waals surface area contributed by atoms with Gasteiger partial charge in [0.15, 0.2) is 4.90 Å². The van der Waals surface area contributed by atoms with Crippen molar-refractivity contribution in [3.63, 3.8) is 0 Å². The van der Waals surface area contributed by atoms with Crippen LogP contribution in [-0.2, 0) is 19.6 Å². The second-order valence-electron chi connectivity index (χ2n) is 5.08. The number of rotatable bonds is 7. The van der Waals surface area contributed by atoms with Crippen LogP contribution in [0, 0.1) is 10.1 Å². The zero-order valence-electron chi connectivity index (χ0n) is 13.9. The molecule has 9 nitrogen and oxygen atoms in total. The second-order valence-corrected chi connectivity index (χ2v) is 6.76. The van der Waals surface area contributed by atoms with Gasteiger partial charge in [-0.1, -0.05) is 30.3 Å². The van der Waals surface area contributed by atoms with E-state index in [-0.39, 0.29) is 5.75 Å². The van der Waals surface area contributed by atoms with E-state index in [0.29, 0.717) is 5.56 Å². The lowest BCUT2D eigenvalue weighted by Gasteiger charge is -2.17. The molecule has 2 rings (SSSR count). The lowest BCUT2D eigenvalue weighted by atomic mass is 10.1. The molecule has 2 aromatic carbocycles. The Labute approximate surface area is 149 Å². The van der Waals surface area contributed by atoms with E-state index in [9.17, 15) is 23.3 Å². The molecule has 1 atom stereocenters. The number of nitro benzene ring substituents is 1. The Morgan fingerprint density at radius 3 is 2.35 bits per heavy atom. The molecule has 1 N–H and O–H groups in total.